The molecule has 0 aromatic carbocycles. The van der Waals surface area contributed by atoms with Crippen LogP contribution in [-0.4, -0.2) is 30.9 Å². The number of rotatable bonds is 5. The number of carbonyl (C=O) groups is 1. The molecule has 1 aromatic heterocycles. The van der Waals surface area contributed by atoms with Gasteiger partial charge in [-0.2, -0.15) is 0 Å². The Morgan fingerprint density at radius 2 is 2.24 bits per heavy atom. The van der Waals surface area contributed by atoms with Crippen LogP contribution in [0, 0.1) is 0 Å². The number of likely N-dealkylation sites (N-methyl/N-ethyl adjacent to an activating group) is 1. The normalized spacial score (nSPS) is 11.5. The van der Waals surface area contributed by atoms with Gasteiger partial charge in [-0.15, -0.1) is 0 Å². The molecule has 17 heavy (non-hydrogen) atoms. The van der Waals surface area contributed by atoms with Crippen molar-refractivity contribution in [1.82, 2.24) is 14.9 Å². The van der Waals surface area contributed by atoms with Gasteiger partial charge in [-0.3, -0.25) is 4.79 Å². The van der Waals surface area contributed by atoms with Crippen LogP contribution in [0.15, 0.2) is 11.2 Å². The molecule has 0 aliphatic carbocycles. The molecule has 1 heterocycles. The maximum Gasteiger partial charge on any atom is 0.280 e. The second kappa shape index (κ2) is 5.50. The van der Waals surface area contributed by atoms with Gasteiger partial charge in [-0.25, -0.2) is 13.4 Å². The van der Waals surface area contributed by atoms with E-state index < -0.39 is 9.05 Å². The first-order valence-corrected chi connectivity index (χ1v) is 7.40. The maximum absolute atomic E-state index is 11.3. The molecular weight excluding hydrogens is 266 g/mol. The second-order valence-corrected chi connectivity index (χ2v) is 6.00. The van der Waals surface area contributed by atoms with E-state index in [0.717, 1.165) is 6.42 Å². The zero-order valence-corrected chi connectivity index (χ0v) is 11.2. The lowest BCUT2D eigenvalue weighted by Gasteiger charge is -2.04. The number of carbonyl (C=O) groups excluding carboxylic acids is 1. The van der Waals surface area contributed by atoms with Crippen LogP contribution in [0.1, 0.15) is 19.2 Å². The fraction of sp³-hybridized carbons (Fsp3) is 0.556. The number of hydrogen-bond donors (Lipinski definition) is 1. The molecule has 1 aromatic rings. The van der Waals surface area contributed by atoms with Gasteiger partial charge < -0.3 is 9.88 Å². The van der Waals surface area contributed by atoms with Gasteiger partial charge in [0.25, 0.3) is 9.05 Å². The predicted molar refractivity (Wildman–Crippen MR) is 63.3 cm³/mol. The van der Waals surface area contributed by atoms with Crippen LogP contribution in [-0.2, 0) is 26.8 Å². The summed E-state index contributed by atoms with van der Waals surface area (Å²) in [5, 5.41) is 2.24. The smallest absolute Gasteiger partial charge is 0.280 e. The van der Waals surface area contributed by atoms with Crippen molar-refractivity contribution in [2.45, 2.75) is 31.3 Å². The Bertz CT molecular complexity index is 510. The van der Waals surface area contributed by atoms with E-state index >= 15 is 0 Å². The summed E-state index contributed by atoms with van der Waals surface area (Å²) in [5.41, 5.74) is 0. The highest BCUT2D eigenvalue weighted by Gasteiger charge is 2.18. The molecule has 1 N–H and O–H groups in total. The summed E-state index contributed by atoms with van der Waals surface area (Å²) in [5.74, 6) is 0.314. The van der Waals surface area contributed by atoms with Crippen molar-refractivity contribution >= 4 is 25.6 Å². The largest absolute Gasteiger partial charge is 0.358 e. The summed E-state index contributed by atoms with van der Waals surface area (Å²) >= 11 is 0. The van der Waals surface area contributed by atoms with Crippen molar-refractivity contribution in [3.8, 4) is 0 Å². The Labute approximate surface area is 104 Å². The minimum atomic E-state index is -3.86. The highest BCUT2D eigenvalue weighted by molar-refractivity contribution is 8.13. The predicted octanol–water partition coefficient (Wildman–Crippen LogP) is 0.509. The third-order valence-corrected chi connectivity index (χ3v) is 3.32. The number of halogens is 1. The maximum atomic E-state index is 11.3. The third kappa shape index (κ3) is 3.71. The van der Waals surface area contributed by atoms with E-state index in [9.17, 15) is 13.2 Å². The van der Waals surface area contributed by atoms with Crippen LogP contribution < -0.4 is 5.32 Å². The zero-order chi connectivity index (χ0) is 13.1. The molecule has 0 bridgehead atoms. The van der Waals surface area contributed by atoms with Crippen LogP contribution in [0.2, 0.25) is 0 Å². The van der Waals surface area contributed by atoms with E-state index in [4.69, 9.17) is 10.7 Å². The molecular formula is C9H14ClN3O3S. The summed E-state index contributed by atoms with van der Waals surface area (Å²) in [6.07, 6.45) is 2.67. The SMILES string of the molecule is CCCc1nc(S(=O)(=O)Cl)cn1CC(=O)NC. The van der Waals surface area contributed by atoms with Gasteiger partial charge in [-0.05, 0) is 6.42 Å². The first-order chi connectivity index (χ1) is 7.88. The van der Waals surface area contributed by atoms with Gasteiger partial charge in [-0.1, -0.05) is 6.92 Å². The number of imidazole rings is 1. The van der Waals surface area contributed by atoms with E-state index in [0.29, 0.717) is 12.2 Å². The minimum absolute atomic E-state index is 0.0330. The fourth-order valence-corrected chi connectivity index (χ4v) is 2.03. The first kappa shape index (κ1) is 14.0. The number of hydrogen-bond acceptors (Lipinski definition) is 4. The number of nitrogens with one attached hydrogen (secondary N) is 1. The van der Waals surface area contributed by atoms with Gasteiger partial charge in [0.05, 0.1) is 0 Å². The molecule has 0 atom stereocenters. The van der Waals surface area contributed by atoms with Crippen LogP contribution >= 0.6 is 10.7 Å². The highest BCUT2D eigenvalue weighted by Crippen LogP contribution is 2.15. The average Bonchev–Trinajstić information content (AvgIpc) is 2.62. The summed E-state index contributed by atoms with van der Waals surface area (Å²) in [7, 11) is 2.87. The minimum Gasteiger partial charge on any atom is -0.358 e. The van der Waals surface area contributed by atoms with Crippen molar-refractivity contribution < 1.29 is 13.2 Å². The molecule has 0 aliphatic rings. The van der Waals surface area contributed by atoms with Gasteiger partial charge in [0, 0.05) is 30.3 Å². The summed E-state index contributed by atoms with van der Waals surface area (Å²) in [4.78, 5) is 15.2. The lowest BCUT2D eigenvalue weighted by Crippen LogP contribution is -2.24. The molecule has 6 nitrogen and oxygen atoms in total. The van der Waals surface area contributed by atoms with E-state index in [1.165, 1.54) is 17.8 Å². The number of nitrogens with zero attached hydrogens (tertiary/aromatic N) is 2. The van der Waals surface area contributed by atoms with Crippen molar-refractivity contribution in [1.29, 1.82) is 0 Å². The molecule has 0 spiro atoms. The molecule has 0 fully saturated rings. The summed E-state index contributed by atoms with van der Waals surface area (Å²) in [6, 6.07) is 0. The topological polar surface area (TPSA) is 81.1 Å². The van der Waals surface area contributed by atoms with E-state index in [1.54, 1.807) is 0 Å². The van der Waals surface area contributed by atoms with Crippen molar-refractivity contribution in [3.63, 3.8) is 0 Å². The molecule has 0 unspecified atom stereocenters. The molecule has 0 saturated heterocycles. The molecule has 0 saturated carbocycles. The first-order valence-electron chi connectivity index (χ1n) is 5.09. The summed E-state index contributed by atoms with van der Waals surface area (Å²) < 4.78 is 23.8. The monoisotopic (exact) mass is 279 g/mol. The van der Waals surface area contributed by atoms with Crippen molar-refractivity contribution in [3.05, 3.63) is 12.0 Å². The Balaban J connectivity index is 3.09. The molecule has 1 rings (SSSR count). The van der Waals surface area contributed by atoms with E-state index in [-0.39, 0.29) is 17.5 Å². The quantitative estimate of drug-likeness (QED) is 0.796. The van der Waals surface area contributed by atoms with E-state index in [2.05, 4.69) is 10.3 Å². The Kier molecular flexibility index (Phi) is 4.53. The van der Waals surface area contributed by atoms with Gasteiger partial charge in [0.15, 0.2) is 5.03 Å². The molecule has 96 valence electrons. The van der Waals surface area contributed by atoms with Gasteiger partial charge in [0.2, 0.25) is 5.91 Å². The Morgan fingerprint density at radius 1 is 1.59 bits per heavy atom. The second-order valence-electron chi connectivity index (χ2n) is 3.48. The molecule has 0 radical (unpaired) electrons. The molecule has 0 aliphatic heterocycles. The Morgan fingerprint density at radius 3 is 2.71 bits per heavy atom. The fourth-order valence-electron chi connectivity index (χ4n) is 1.34. The van der Waals surface area contributed by atoms with Crippen molar-refractivity contribution in [2.24, 2.45) is 0 Å². The third-order valence-electron chi connectivity index (χ3n) is 2.15. The van der Waals surface area contributed by atoms with Crippen LogP contribution in [0.5, 0.6) is 0 Å². The average molecular weight is 280 g/mol. The zero-order valence-electron chi connectivity index (χ0n) is 9.60. The molecule has 1 amide bonds. The van der Waals surface area contributed by atoms with Crippen molar-refractivity contribution in [2.75, 3.05) is 7.05 Å². The molecule has 8 heteroatoms. The number of aromatic nitrogens is 2. The van der Waals surface area contributed by atoms with Crippen LogP contribution in [0.3, 0.4) is 0 Å². The van der Waals surface area contributed by atoms with Gasteiger partial charge >= 0.3 is 0 Å². The number of aryl methyl sites for hydroxylation is 1. The van der Waals surface area contributed by atoms with Gasteiger partial charge in [0.1, 0.15) is 12.4 Å². The lowest BCUT2D eigenvalue weighted by atomic mass is 10.3. The van der Waals surface area contributed by atoms with E-state index in [1.807, 2.05) is 6.92 Å². The Hall–Kier alpha value is -1.08. The summed E-state index contributed by atoms with van der Waals surface area (Å²) in [6.45, 7) is 1.97. The lowest BCUT2D eigenvalue weighted by molar-refractivity contribution is -0.121. The standard InChI is InChI=1S/C9H14ClN3O3S/c1-3-4-7-12-9(17(10,15)16)6-13(7)5-8(14)11-2/h6H,3-5H2,1-2H3,(H,11,14). The highest BCUT2D eigenvalue weighted by atomic mass is 35.7. The van der Waals surface area contributed by atoms with Crippen LogP contribution in [0.25, 0.3) is 0 Å². The van der Waals surface area contributed by atoms with Crippen LogP contribution in [0.4, 0.5) is 0 Å². The number of amides is 1.